The monoisotopic (exact) mass is 371 g/mol. The van der Waals surface area contributed by atoms with Crippen molar-refractivity contribution < 1.29 is 18.8 Å². The summed E-state index contributed by atoms with van der Waals surface area (Å²) < 4.78 is 13.6. The normalized spacial score (nSPS) is 28.1. The number of carbonyl (C=O) groups excluding carboxylic acids is 3. The van der Waals surface area contributed by atoms with Crippen LogP contribution in [0.1, 0.15) is 47.2 Å². The molecule has 2 heterocycles. The molecule has 3 atom stereocenters. The van der Waals surface area contributed by atoms with Gasteiger partial charge in [0.05, 0.1) is 5.83 Å². The topological polar surface area (TPSA) is 92.5 Å². The van der Waals surface area contributed by atoms with Crippen molar-refractivity contribution in [2.45, 2.75) is 50.7 Å². The molecule has 3 N–H and O–H groups in total. The summed E-state index contributed by atoms with van der Waals surface area (Å²) in [5, 5.41) is 2.30. The van der Waals surface area contributed by atoms with E-state index in [1.165, 1.54) is 4.90 Å². The van der Waals surface area contributed by atoms with Crippen LogP contribution in [0.4, 0.5) is 4.39 Å². The van der Waals surface area contributed by atoms with E-state index < -0.39 is 11.9 Å². The number of carbonyl (C=O) groups is 3. The lowest BCUT2D eigenvalue weighted by molar-refractivity contribution is -0.136. The third-order valence-electron chi connectivity index (χ3n) is 5.72. The first-order valence-electron chi connectivity index (χ1n) is 9.30. The molecule has 0 spiro atoms. The second kappa shape index (κ2) is 6.88. The number of nitrogens with one attached hydrogen (secondary N) is 1. The number of imide groups is 1. The van der Waals surface area contributed by atoms with Crippen molar-refractivity contribution in [3.63, 3.8) is 0 Å². The molecule has 1 aliphatic carbocycles. The maximum atomic E-state index is 13.6. The molecule has 2 aliphatic heterocycles. The maximum absolute atomic E-state index is 13.6. The lowest BCUT2D eigenvalue weighted by Crippen LogP contribution is -2.52. The molecule has 0 saturated carbocycles. The van der Waals surface area contributed by atoms with Crippen LogP contribution in [0.5, 0.6) is 0 Å². The van der Waals surface area contributed by atoms with Crippen LogP contribution < -0.4 is 11.1 Å². The van der Waals surface area contributed by atoms with Crippen molar-refractivity contribution in [1.29, 1.82) is 0 Å². The predicted octanol–water partition coefficient (Wildman–Crippen LogP) is 1.58. The lowest BCUT2D eigenvalue weighted by Gasteiger charge is -2.29. The molecule has 27 heavy (non-hydrogen) atoms. The molecule has 7 heteroatoms. The Kier molecular flexibility index (Phi) is 4.55. The van der Waals surface area contributed by atoms with E-state index >= 15 is 0 Å². The van der Waals surface area contributed by atoms with E-state index in [9.17, 15) is 18.8 Å². The number of halogens is 1. The van der Waals surface area contributed by atoms with Crippen molar-refractivity contribution in [1.82, 2.24) is 10.2 Å². The number of rotatable bonds is 3. The number of fused-ring (bicyclic) bond motifs is 1. The van der Waals surface area contributed by atoms with Gasteiger partial charge >= 0.3 is 0 Å². The van der Waals surface area contributed by atoms with Gasteiger partial charge in [-0.1, -0.05) is 12.1 Å². The summed E-state index contributed by atoms with van der Waals surface area (Å²) >= 11 is 0. The van der Waals surface area contributed by atoms with E-state index in [1.807, 2.05) is 12.1 Å². The minimum absolute atomic E-state index is 0.0554. The zero-order valence-corrected chi connectivity index (χ0v) is 14.9. The molecule has 6 nitrogen and oxygen atoms in total. The Bertz CT molecular complexity index is 851. The van der Waals surface area contributed by atoms with Gasteiger partial charge < -0.3 is 10.6 Å². The van der Waals surface area contributed by atoms with Gasteiger partial charge in [-0.25, -0.2) is 4.39 Å². The van der Waals surface area contributed by atoms with E-state index in [1.54, 1.807) is 12.1 Å². The third-order valence-corrected chi connectivity index (χ3v) is 5.72. The number of allylic oxidation sites excluding steroid dienone is 1. The minimum Gasteiger partial charge on any atom is -0.327 e. The molecule has 1 fully saturated rings. The van der Waals surface area contributed by atoms with E-state index in [0.717, 1.165) is 11.1 Å². The number of benzene rings is 1. The van der Waals surface area contributed by atoms with Gasteiger partial charge in [-0.15, -0.1) is 0 Å². The van der Waals surface area contributed by atoms with Crippen molar-refractivity contribution in [3.05, 3.63) is 46.8 Å². The second-order valence-electron chi connectivity index (χ2n) is 7.58. The average molecular weight is 371 g/mol. The number of piperidine rings is 1. The van der Waals surface area contributed by atoms with Crippen LogP contribution >= 0.6 is 0 Å². The van der Waals surface area contributed by atoms with Crippen LogP contribution in [0.2, 0.25) is 0 Å². The van der Waals surface area contributed by atoms with Gasteiger partial charge in [0.25, 0.3) is 5.91 Å². The van der Waals surface area contributed by atoms with E-state index in [0.29, 0.717) is 37.8 Å². The van der Waals surface area contributed by atoms with Crippen LogP contribution in [-0.2, 0) is 22.6 Å². The smallest absolute Gasteiger partial charge is 0.255 e. The fourth-order valence-corrected chi connectivity index (χ4v) is 4.20. The molecule has 3 amide bonds. The van der Waals surface area contributed by atoms with Crippen molar-refractivity contribution >= 4 is 17.7 Å². The summed E-state index contributed by atoms with van der Waals surface area (Å²) in [6.07, 6.45) is 3.85. The molecule has 1 unspecified atom stereocenters. The van der Waals surface area contributed by atoms with Crippen LogP contribution in [0, 0.1) is 5.92 Å². The highest BCUT2D eigenvalue weighted by molar-refractivity contribution is 6.05. The van der Waals surface area contributed by atoms with E-state index in [-0.39, 0.29) is 36.0 Å². The van der Waals surface area contributed by atoms with Crippen LogP contribution in [0.15, 0.2) is 30.1 Å². The Morgan fingerprint density at radius 1 is 1.19 bits per heavy atom. The van der Waals surface area contributed by atoms with Gasteiger partial charge in [0.2, 0.25) is 11.8 Å². The molecule has 142 valence electrons. The van der Waals surface area contributed by atoms with Gasteiger partial charge in [0.15, 0.2) is 0 Å². The number of hydrogen-bond acceptors (Lipinski definition) is 4. The van der Waals surface area contributed by atoms with Gasteiger partial charge in [0.1, 0.15) is 6.04 Å². The van der Waals surface area contributed by atoms with Crippen molar-refractivity contribution in [2.24, 2.45) is 11.7 Å². The fourth-order valence-electron chi connectivity index (χ4n) is 4.20. The first-order valence-corrected chi connectivity index (χ1v) is 9.30. The van der Waals surface area contributed by atoms with Gasteiger partial charge in [-0.05, 0) is 48.4 Å². The number of amides is 3. The Hall–Kier alpha value is -2.54. The fraction of sp³-hybridized carbons (Fsp3) is 0.450. The summed E-state index contributed by atoms with van der Waals surface area (Å²) in [4.78, 5) is 37.7. The van der Waals surface area contributed by atoms with Crippen LogP contribution in [-0.4, -0.2) is 34.7 Å². The second-order valence-corrected chi connectivity index (χ2v) is 7.58. The zero-order valence-electron chi connectivity index (χ0n) is 14.9. The Balaban J connectivity index is 1.52. The summed E-state index contributed by atoms with van der Waals surface area (Å²) in [7, 11) is 0. The summed E-state index contributed by atoms with van der Waals surface area (Å²) in [6.45, 7) is 0.342. The van der Waals surface area contributed by atoms with Gasteiger partial charge in [-0.2, -0.15) is 0 Å². The number of nitrogens with two attached hydrogens (primary N) is 1. The highest BCUT2D eigenvalue weighted by atomic mass is 19.1. The Morgan fingerprint density at radius 2 is 2.00 bits per heavy atom. The Labute approximate surface area is 156 Å². The largest absolute Gasteiger partial charge is 0.327 e. The molecule has 4 rings (SSSR count). The van der Waals surface area contributed by atoms with Crippen LogP contribution in [0.25, 0.3) is 0 Å². The van der Waals surface area contributed by atoms with Gasteiger partial charge in [0, 0.05) is 31.0 Å². The number of nitrogens with zero attached hydrogens (tertiary/aromatic N) is 1. The molecule has 3 aliphatic rings. The lowest BCUT2D eigenvalue weighted by atomic mass is 9.85. The first-order chi connectivity index (χ1) is 12.9. The summed E-state index contributed by atoms with van der Waals surface area (Å²) in [6, 6.07) is 4.91. The van der Waals surface area contributed by atoms with E-state index in [4.69, 9.17) is 5.73 Å². The molecule has 0 radical (unpaired) electrons. The highest BCUT2D eigenvalue weighted by Gasteiger charge is 2.39. The summed E-state index contributed by atoms with van der Waals surface area (Å²) in [5.74, 6) is -1.07. The molecule has 0 bridgehead atoms. The standard InChI is InChI=1S/C20H22FN3O3/c21-14-2-4-16(22)12(9-14)7-11-1-3-15-13(8-11)10-24(20(15)27)17-5-6-18(25)23-19(17)26/h1,3,8-9,12,16-17H,2,4-7,10,22H2,(H,23,25,26)/t12-,16-,17?/m0/s1. The highest BCUT2D eigenvalue weighted by Crippen LogP contribution is 2.30. The number of hydrogen-bond donors (Lipinski definition) is 2. The molecule has 1 aromatic rings. The first kappa shape index (κ1) is 17.9. The minimum atomic E-state index is -0.616. The molecular weight excluding hydrogens is 349 g/mol. The maximum Gasteiger partial charge on any atom is 0.255 e. The van der Waals surface area contributed by atoms with Gasteiger partial charge in [-0.3, -0.25) is 19.7 Å². The quantitative estimate of drug-likeness (QED) is 0.789. The predicted molar refractivity (Wildman–Crippen MR) is 96.1 cm³/mol. The van der Waals surface area contributed by atoms with Crippen LogP contribution in [0.3, 0.4) is 0 Å². The third kappa shape index (κ3) is 3.39. The zero-order chi connectivity index (χ0) is 19.1. The average Bonchev–Trinajstić information content (AvgIpc) is 2.94. The molecule has 0 aromatic heterocycles. The van der Waals surface area contributed by atoms with Crippen molar-refractivity contribution in [2.75, 3.05) is 0 Å². The molecule has 1 saturated heterocycles. The summed E-state index contributed by atoms with van der Waals surface area (Å²) in [5.41, 5.74) is 8.56. The molecule has 1 aromatic carbocycles. The SMILES string of the molecule is N[C@H]1CCC(F)=C[C@@H]1Cc1ccc2c(c1)CN(C1CCC(=O)NC1=O)C2=O. The molecular formula is C20H22FN3O3. The van der Waals surface area contributed by atoms with E-state index in [2.05, 4.69) is 5.32 Å². The van der Waals surface area contributed by atoms with Crippen molar-refractivity contribution in [3.8, 4) is 0 Å². The Morgan fingerprint density at radius 3 is 2.78 bits per heavy atom.